The minimum absolute atomic E-state index is 0. The highest BCUT2D eigenvalue weighted by Crippen LogP contribution is 2.55. The first-order chi connectivity index (χ1) is 5.80. The maximum absolute atomic E-state index is 3.25. The first kappa shape index (κ1) is 10.6. The molecule has 0 aromatic carbocycles. The van der Waals surface area contributed by atoms with Crippen LogP contribution in [-0.4, -0.2) is 0 Å². The summed E-state index contributed by atoms with van der Waals surface area (Å²) >= 11 is 0. The summed E-state index contributed by atoms with van der Waals surface area (Å²) in [6.45, 7) is 4.74. The molecule has 0 heteroatoms. The van der Waals surface area contributed by atoms with Gasteiger partial charge in [0.2, 0.25) is 0 Å². The minimum Gasteiger partial charge on any atom is -0.103 e. The third-order valence-corrected chi connectivity index (χ3v) is 3.50. The molecule has 0 heterocycles. The maximum Gasteiger partial charge on any atom is 0.00915 e. The average Bonchev–Trinajstić information content (AvgIpc) is 2.60. The Balaban J connectivity index is 0.000000845. The van der Waals surface area contributed by atoms with Gasteiger partial charge in [0, 0.05) is 12.8 Å². The van der Waals surface area contributed by atoms with Crippen LogP contribution in [0.4, 0.5) is 0 Å². The maximum atomic E-state index is 3.25. The van der Waals surface area contributed by atoms with Crippen LogP contribution in [0.25, 0.3) is 0 Å². The fourth-order valence-electron chi connectivity index (χ4n) is 2.93. The second-order valence-electron chi connectivity index (χ2n) is 4.58. The number of fused-ring (bicyclic) bond motifs is 1. The van der Waals surface area contributed by atoms with E-state index in [1.807, 2.05) is 0 Å². The summed E-state index contributed by atoms with van der Waals surface area (Å²) in [7, 11) is 0. The van der Waals surface area contributed by atoms with E-state index in [1.54, 1.807) is 0 Å². The van der Waals surface area contributed by atoms with Crippen LogP contribution in [0.3, 0.4) is 0 Å². The van der Waals surface area contributed by atoms with Crippen molar-refractivity contribution in [1.82, 2.24) is 0 Å². The predicted molar refractivity (Wildman–Crippen MR) is 58.3 cm³/mol. The zero-order valence-corrected chi connectivity index (χ0v) is 8.14. The van der Waals surface area contributed by atoms with E-state index in [0.717, 1.165) is 36.5 Å². The van der Waals surface area contributed by atoms with Gasteiger partial charge in [-0.2, -0.15) is 0 Å². The molecule has 0 aromatic heterocycles. The summed E-state index contributed by atoms with van der Waals surface area (Å²) in [6.07, 6.45) is 5.07. The van der Waals surface area contributed by atoms with E-state index in [4.69, 9.17) is 0 Å². The molecule has 0 aliphatic heterocycles. The normalized spacial score (nSPS) is 36.1. The van der Waals surface area contributed by atoms with Gasteiger partial charge in [0.05, 0.1) is 0 Å². The van der Waals surface area contributed by atoms with Gasteiger partial charge in [-0.1, -0.05) is 21.3 Å². The Kier molecular flexibility index (Phi) is 3.42. The van der Waals surface area contributed by atoms with Crippen molar-refractivity contribution in [2.45, 2.75) is 47.0 Å². The molecule has 13 heavy (non-hydrogen) atoms. The zero-order valence-electron chi connectivity index (χ0n) is 8.14. The lowest BCUT2D eigenvalue weighted by molar-refractivity contribution is 0.491. The van der Waals surface area contributed by atoms with E-state index < -0.39 is 0 Å². The van der Waals surface area contributed by atoms with Crippen molar-refractivity contribution in [3.63, 3.8) is 0 Å². The Labute approximate surface area is 83.1 Å². The number of hydrogen-bond acceptors (Lipinski definition) is 0. The monoisotopic (exact) mass is 178 g/mol. The van der Waals surface area contributed by atoms with Gasteiger partial charge in [0.15, 0.2) is 0 Å². The standard InChI is InChI=1S/C12H18.CH4/c1-9(2)12-10-7-5-3-4-6-8-11(10)12;/h9-12H,5-8H2,1-2H3;1H4. The summed E-state index contributed by atoms with van der Waals surface area (Å²) in [4.78, 5) is 0. The van der Waals surface area contributed by atoms with Gasteiger partial charge in [-0.05, 0) is 36.5 Å². The molecular weight excluding hydrogens is 156 g/mol. The molecule has 2 aliphatic carbocycles. The minimum atomic E-state index is 0. The fourth-order valence-corrected chi connectivity index (χ4v) is 2.93. The van der Waals surface area contributed by atoms with Crippen LogP contribution < -0.4 is 0 Å². The Morgan fingerprint density at radius 3 is 1.85 bits per heavy atom. The SMILES string of the molecule is C.CC(C)C1C2CCC#CCCC21. The molecule has 1 fully saturated rings. The molecule has 0 nitrogen and oxygen atoms in total. The zero-order chi connectivity index (χ0) is 8.55. The second kappa shape index (κ2) is 4.18. The molecule has 0 radical (unpaired) electrons. The van der Waals surface area contributed by atoms with Crippen molar-refractivity contribution in [3.8, 4) is 11.8 Å². The Hall–Kier alpha value is -0.440. The molecule has 0 bridgehead atoms. The molecule has 74 valence electrons. The lowest BCUT2D eigenvalue weighted by Crippen LogP contribution is -1.93. The van der Waals surface area contributed by atoms with E-state index in [-0.39, 0.29) is 7.43 Å². The molecule has 0 aromatic rings. The lowest BCUT2D eigenvalue weighted by atomic mass is 10.0. The quantitative estimate of drug-likeness (QED) is 0.537. The third-order valence-electron chi connectivity index (χ3n) is 3.50. The smallest absolute Gasteiger partial charge is 0.00915 e. The van der Waals surface area contributed by atoms with Gasteiger partial charge in [0.1, 0.15) is 0 Å². The Bertz CT molecular complexity index is 198. The first-order valence-corrected chi connectivity index (χ1v) is 5.26. The van der Waals surface area contributed by atoms with E-state index in [0.29, 0.717) is 0 Å². The highest BCUT2D eigenvalue weighted by atomic mass is 14.5. The van der Waals surface area contributed by atoms with E-state index in [2.05, 4.69) is 25.7 Å². The van der Waals surface area contributed by atoms with Crippen molar-refractivity contribution < 1.29 is 0 Å². The number of hydrogen-bond donors (Lipinski definition) is 0. The summed E-state index contributed by atoms with van der Waals surface area (Å²) in [5.41, 5.74) is 0. The van der Waals surface area contributed by atoms with Crippen LogP contribution in [-0.2, 0) is 0 Å². The first-order valence-electron chi connectivity index (χ1n) is 5.26. The predicted octanol–water partition coefficient (Wildman–Crippen LogP) is 3.72. The highest BCUT2D eigenvalue weighted by Gasteiger charge is 2.49. The van der Waals surface area contributed by atoms with Crippen LogP contribution in [0.5, 0.6) is 0 Å². The van der Waals surface area contributed by atoms with Gasteiger partial charge in [0.25, 0.3) is 0 Å². The van der Waals surface area contributed by atoms with Crippen LogP contribution in [0.1, 0.15) is 47.0 Å². The van der Waals surface area contributed by atoms with Gasteiger partial charge < -0.3 is 0 Å². The largest absolute Gasteiger partial charge is 0.103 e. The van der Waals surface area contributed by atoms with Gasteiger partial charge in [-0.15, -0.1) is 11.8 Å². The van der Waals surface area contributed by atoms with Gasteiger partial charge >= 0.3 is 0 Å². The van der Waals surface area contributed by atoms with Crippen molar-refractivity contribution in [2.24, 2.45) is 23.7 Å². The van der Waals surface area contributed by atoms with E-state index in [1.165, 1.54) is 12.8 Å². The van der Waals surface area contributed by atoms with Crippen LogP contribution in [0.15, 0.2) is 0 Å². The third kappa shape index (κ3) is 2.08. The molecular formula is C13H22. The van der Waals surface area contributed by atoms with Crippen LogP contribution in [0, 0.1) is 35.5 Å². The van der Waals surface area contributed by atoms with Crippen LogP contribution in [0.2, 0.25) is 0 Å². The Morgan fingerprint density at radius 1 is 1.00 bits per heavy atom. The lowest BCUT2D eigenvalue weighted by Gasteiger charge is -2.00. The second-order valence-corrected chi connectivity index (χ2v) is 4.58. The molecule has 0 amide bonds. The number of rotatable bonds is 1. The summed E-state index contributed by atoms with van der Waals surface area (Å²) in [5.74, 6) is 10.5. The van der Waals surface area contributed by atoms with Gasteiger partial charge in [-0.25, -0.2) is 0 Å². The average molecular weight is 178 g/mol. The van der Waals surface area contributed by atoms with E-state index >= 15 is 0 Å². The molecule has 2 atom stereocenters. The summed E-state index contributed by atoms with van der Waals surface area (Å²) in [6, 6.07) is 0. The fraction of sp³-hybridized carbons (Fsp3) is 0.846. The highest BCUT2D eigenvalue weighted by molar-refractivity contribution is 5.08. The molecule has 2 unspecified atom stereocenters. The molecule has 0 saturated heterocycles. The van der Waals surface area contributed by atoms with E-state index in [9.17, 15) is 0 Å². The summed E-state index contributed by atoms with van der Waals surface area (Å²) in [5, 5.41) is 0. The molecule has 0 spiro atoms. The van der Waals surface area contributed by atoms with Crippen molar-refractivity contribution in [3.05, 3.63) is 0 Å². The molecule has 0 N–H and O–H groups in total. The molecule has 2 aliphatic rings. The van der Waals surface area contributed by atoms with Gasteiger partial charge in [-0.3, -0.25) is 0 Å². The topological polar surface area (TPSA) is 0 Å². The van der Waals surface area contributed by atoms with Crippen molar-refractivity contribution >= 4 is 0 Å². The Morgan fingerprint density at radius 2 is 1.46 bits per heavy atom. The molecule has 2 rings (SSSR count). The van der Waals surface area contributed by atoms with Crippen LogP contribution >= 0.6 is 0 Å². The molecule has 1 saturated carbocycles. The summed E-state index contributed by atoms with van der Waals surface area (Å²) < 4.78 is 0. The van der Waals surface area contributed by atoms with Crippen molar-refractivity contribution in [1.29, 1.82) is 0 Å². The van der Waals surface area contributed by atoms with Crippen molar-refractivity contribution in [2.75, 3.05) is 0 Å².